The molecule has 8 heteroatoms. The van der Waals surface area contributed by atoms with Crippen LogP contribution in [0.2, 0.25) is 0 Å². The van der Waals surface area contributed by atoms with E-state index in [-0.39, 0.29) is 23.4 Å². The lowest BCUT2D eigenvalue weighted by Gasteiger charge is -2.08. The second-order valence-electron chi connectivity index (χ2n) is 4.50. The average Bonchev–Trinajstić information content (AvgIpc) is 2.93. The van der Waals surface area contributed by atoms with Crippen LogP contribution in [0.1, 0.15) is 31.7 Å². The molecule has 0 fully saturated rings. The highest BCUT2D eigenvalue weighted by Crippen LogP contribution is 2.29. The Bertz CT molecular complexity index is 641. The van der Waals surface area contributed by atoms with Crippen LogP contribution in [0, 0.1) is 10.1 Å². The van der Waals surface area contributed by atoms with Crippen molar-refractivity contribution in [3.8, 4) is 11.5 Å². The van der Waals surface area contributed by atoms with Crippen LogP contribution in [0.5, 0.6) is 0 Å². The van der Waals surface area contributed by atoms with Gasteiger partial charge in [0.1, 0.15) is 6.10 Å². The number of methoxy groups -OCH3 is 1. The summed E-state index contributed by atoms with van der Waals surface area (Å²) in [5.41, 5.74) is 6.39. The zero-order valence-corrected chi connectivity index (χ0v) is 11.8. The van der Waals surface area contributed by atoms with Gasteiger partial charge in [0.2, 0.25) is 5.82 Å². The number of ether oxygens (including phenoxy) is 1. The van der Waals surface area contributed by atoms with Gasteiger partial charge in [-0.1, -0.05) is 18.5 Å². The van der Waals surface area contributed by atoms with Crippen LogP contribution in [0.4, 0.5) is 11.4 Å². The second-order valence-corrected chi connectivity index (χ2v) is 4.50. The number of rotatable bonds is 6. The number of non-ortho nitro benzene ring substituents is 1. The molecule has 0 saturated heterocycles. The molecule has 1 unspecified atom stereocenters. The zero-order chi connectivity index (χ0) is 15.4. The normalized spacial score (nSPS) is 12.3. The third-order valence-electron chi connectivity index (χ3n) is 3.04. The number of aromatic nitrogens is 2. The molecule has 0 aliphatic rings. The molecular weight excluding hydrogens is 276 g/mol. The molecule has 2 rings (SSSR count). The Kier molecular flexibility index (Phi) is 4.49. The van der Waals surface area contributed by atoms with Gasteiger partial charge >= 0.3 is 0 Å². The van der Waals surface area contributed by atoms with Crippen LogP contribution in [0.25, 0.3) is 11.5 Å². The Morgan fingerprint density at radius 1 is 1.52 bits per heavy atom. The SMILES string of the molecule is CCCC(OC)c1noc(-c2ccc([N+](=O)[O-])cc2N)n1. The van der Waals surface area contributed by atoms with E-state index in [9.17, 15) is 10.1 Å². The lowest BCUT2D eigenvalue weighted by atomic mass is 10.1. The Morgan fingerprint density at radius 2 is 2.29 bits per heavy atom. The molecule has 0 bridgehead atoms. The largest absolute Gasteiger partial charge is 0.398 e. The van der Waals surface area contributed by atoms with Crippen molar-refractivity contribution in [1.82, 2.24) is 10.1 Å². The van der Waals surface area contributed by atoms with Gasteiger partial charge in [-0.3, -0.25) is 10.1 Å². The number of nitro benzene ring substituents is 1. The Balaban J connectivity index is 2.31. The molecule has 2 aromatic rings. The van der Waals surface area contributed by atoms with Gasteiger partial charge in [-0.2, -0.15) is 4.98 Å². The van der Waals surface area contributed by atoms with Crippen LogP contribution >= 0.6 is 0 Å². The molecule has 1 aromatic carbocycles. The number of hydrogen-bond donors (Lipinski definition) is 1. The van der Waals surface area contributed by atoms with Gasteiger partial charge in [-0.05, 0) is 12.5 Å². The number of nitrogens with two attached hydrogens (primary N) is 1. The van der Waals surface area contributed by atoms with E-state index < -0.39 is 4.92 Å². The molecule has 1 atom stereocenters. The first kappa shape index (κ1) is 14.9. The molecule has 1 heterocycles. The van der Waals surface area contributed by atoms with E-state index in [0.29, 0.717) is 11.4 Å². The molecule has 0 saturated carbocycles. The van der Waals surface area contributed by atoms with Crippen molar-refractivity contribution in [2.75, 3.05) is 12.8 Å². The molecule has 8 nitrogen and oxygen atoms in total. The van der Waals surface area contributed by atoms with Crippen molar-refractivity contribution < 1.29 is 14.2 Å². The number of nitrogen functional groups attached to an aromatic ring is 1. The summed E-state index contributed by atoms with van der Waals surface area (Å²) < 4.78 is 10.5. The maximum Gasteiger partial charge on any atom is 0.271 e. The monoisotopic (exact) mass is 292 g/mol. The van der Waals surface area contributed by atoms with Crippen LogP contribution in [-0.2, 0) is 4.74 Å². The van der Waals surface area contributed by atoms with Crippen molar-refractivity contribution in [2.24, 2.45) is 0 Å². The van der Waals surface area contributed by atoms with Gasteiger partial charge in [0.05, 0.1) is 16.2 Å². The van der Waals surface area contributed by atoms with Gasteiger partial charge < -0.3 is 15.0 Å². The molecule has 21 heavy (non-hydrogen) atoms. The van der Waals surface area contributed by atoms with E-state index in [1.54, 1.807) is 7.11 Å². The van der Waals surface area contributed by atoms with Crippen LogP contribution in [-0.4, -0.2) is 22.2 Å². The molecule has 2 N–H and O–H groups in total. The molecule has 0 aliphatic heterocycles. The minimum Gasteiger partial charge on any atom is -0.398 e. The third kappa shape index (κ3) is 3.16. The van der Waals surface area contributed by atoms with E-state index >= 15 is 0 Å². The van der Waals surface area contributed by atoms with Crippen LogP contribution in [0.3, 0.4) is 0 Å². The van der Waals surface area contributed by atoms with Crippen LogP contribution < -0.4 is 5.73 Å². The van der Waals surface area contributed by atoms with Gasteiger partial charge in [-0.25, -0.2) is 0 Å². The van der Waals surface area contributed by atoms with E-state index in [2.05, 4.69) is 10.1 Å². The number of nitrogens with zero attached hydrogens (tertiary/aromatic N) is 3. The summed E-state index contributed by atoms with van der Waals surface area (Å²) in [5, 5.41) is 14.6. The lowest BCUT2D eigenvalue weighted by Crippen LogP contribution is -2.03. The first-order valence-corrected chi connectivity index (χ1v) is 6.47. The first-order valence-electron chi connectivity index (χ1n) is 6.47. The molecule has 1 aromatic heterocycles. The Hall–Kier alpha value is -2.48. The maximum atomic E-state index is 10.7. The van der Waals surface area contributed by atoms with E-state index in [4.69, 9.17) is 15.0 Å². The summed E-state index contributed by atoms with van der Waals surface area (Å²) in [4.78, 5) is 14.4. The molecule has 0 spiro atoms. The lowest BCUT2D eigenvalue weighted by molar-refractivity contribution is -0.384. The Morgan fingerprint density at radius 3 is 2.86 bits per heavy atom. The minimum absolute atomic E-state index is 0.0864. The standard InChI is InChI=1S/C13H16N4O4/c1-3-4-11(20-2)12-15-13(21-16-12)9-6-5-8(17(18)19)7-10(9)14/h5-7,11H,3-4,14H2,1-2H3. The molecule has 0 aliphatic carbocycles. The van der Waals surface area contributed by atoms with Crippen molar-refractivity contribution in [3.05, 3.63) is 34.1 Å². The van der Waals surface area contributed by atoms with Crippen molar-refractivity contribution >= 4 is 11.4 Å². The smallest absolute Gasteiger partial charge is 0.271 e. The zero-order valence-electron chi connectivity index (χ0n) is 11.8. The van der Waals surface area contributed by atoms with Crippen molar-refractivity contribution in [2.45, 2.75) is 25.9 Å². The van der Waals surface area contributed by atoms with Crippen molar-refractivity contribution in [1.29, 1.82) is 0 Å². The first-order chi connectivity index (χ1) is 10.1. The fourth-order valence-corrected chi connectivity index (χ4v) is 1.95. The Labute approximate surface area is 121 Å². The van der Waals surface area contributed by atoms with Gasteiger partial charge in [0, 0.05) is 19.2 Å². The predicted molar refractivity (Wildman–Crippen MR) is 75.5 cm³/mol. The second kappa shape index (κ2) is 6.31. The van der Waals surface area contributed by atoms with E-state index in [1.807, 2.05) is 6.92 Å². The van der Waals surface area contributed by atoms with Crippen molar-refractivity contribution in [3.63, 3.8) is 0 Å². The summed E-state index contributed by atoms with van der Waals surface area (Å²) in [7, 11) is 1.58. The highest BCUT2D eigenvalue weighted by atomic mass is 16.6. The minimum atomic E-state index is -0.512. The van der Waals surface area contributed by atoms with Crippen LogP contribution in [0.15, 0.2) is 22.7 Å². The highest BCUT2D eigenvalue weighted by Gasteiger charge is 2.20. The highest BCUT2D eigenvalue weighted by molar-refractivity contribution is 5.72. The van der Waals surface area contributed by atoms with Gasteiger partial charge in [-0.15, -0.1) is 0 Å². The van der Waals surface area contributed by atoms with E-state index in [1.165, 1.54) is 18.2 Å². The topological polar surface area (TPSA) is 117 Å². The predicted octanol–water partition coefficient (Wildman–Crippen LogP) is 2.71. The fourth-order valence-electron chi connectivity index (χ4n) is 1.95. The summed E-state index contributed by atoms with van der Waals surface area (Å²) in [6.07, 6.45) is 1.44. The summed E-state index contributed by atoms with van der Waals surface area (Å²) in [6, 6.07) is 4.10. The number of benzene rings is 1. The summed E-state index contributed by atoms with van der Waals surface area (Å²) >= 11 is 0. The van der Waals surface area contributed by atoms with Gasteiger partial charge in [0.25, 0.3) is 11.6 Å². The average molecular weight is 292 g/mol. The number of nitro groups is 1. The molecule has 0 amide bonds. The molecule has 112 valence electrons. The molecule has 0 radical (unpaired) electrons. The molecular formula is C13H16N4O4. The summed E-state index contributed by atoms with van der Waals surface area (Å²) in [6.45, 7) is 2.03. The quantitative estimate of drug-likeness (QED) is 0.494. The van der Waals surface area contributed by atoms with E-state index in [0.717, 1.165) is 12.8 Å². The third-order valence-corrected chi connectivity index (χ3v) is 3.04. The number of anilines is 1. The van der Waals surface area contributed by atoms with Gasteiger partial charge in [0.15, 0.2) is 0 Å². The fraction of sp³-hybridized carbons (Fsp3) is 0.385. The maximum absolute atomic E-state index is 10.7. The summed E-state index contributed by atoms with van der Waals surface area (Å²) in [5.74, 6) is 0.655. The number of hydrogen-bond acceptors (Lipinski definition) is 7.